The van der Waals surface area contributed by atoms with E-state index in [1.54, 1.807) is 13.8 Å². The van der Waals surface area contributed by atoms with Crippen LogP contribution in [-0.2, 0) is 14.3 Å². The van der Waals surface area contributed by atoms with Crippen molar-refractivity contribution < 1.29 is 14.3 Å². The number of Topliss-reactive ketones (excluding diaryl/α,β-unsaturated/α-hetero) is 1. The normalized spacial score (nSPS) is 29.1. The van der Waals surface area contributed by atoms with Crippen LogP contribution in [0.4, 0.5) is 0 Å². The number of carbonyl (C=O) groups excluding carboxylic acids is 2. The van der Waals surface area contributed by atoms with Gasteiger partial charge in [0, 0.05) is 6.42 Å². The van der Waals surface area contributed by atoms with Crippen molar-refractivity contribution in [3.8, 4) is 0 Å². The SMILES string of the molecule is CCOC(=O)C1(C)C/C=C\CCCC1=O. The number of rotatable bonds is 2. The van der Waals surface area contributed by atoms with Crippen molar-refractivity contribution in [3.63, 3.8) is 0 Å². The molecule has 1 unspecified atom stereocenters. The molecule has 0 fully saturated rings. The first-order valence-electron chi connectivity index (χ1n) is 5.47. The van der Waals surface area contributed by atoms with E-state index >= 15 is 0 Å². The van der Waals surface area contributed by atoms with Crippen LogP contribution in [0.3, 0.4) is 0 Å². The molecule has 0 amide bonds. The lowest BCUT2D eigenvalue weighted by molar-refractivity contribution is -0.159. The van der Waals surface area contributed by atoms with Gasteiger partial charge in [0.2, 0.25) is 0 Å². The molecule has 0 saturated carbocycles. The number of carbonyl (C=O) groups is 2. The first kappa shape index (κ1) is 12.0. The second-order valence-corrected chi connectivity index (χ2v) is 4.04. The Morgan fingerprint density at radius 3 is 2.93 bits per heavy atom. The lowest BCUT2D eigenvalue weighted by atomic mass is 9.79. The summed E-state index contributed by atoms with van der Waals surface area (Å²) < 4.78 is 4.96. The van der Waals surface area contributed by atoms with Crippen molar-refractivity contribution in [2.75, 3.05) is 6.61 Å². The van der Waals surface area contributed by atoms with Gasteiger partial charge in [-0.3, -0.25) is 9.59 Å². The van der Waals surface area contributed by atoms with E-state index in [0.29, 0.717) is 19.4 Å². The van der Waals surface area contributed by atoms with Gasteiger partial charge in [-0.1, -0.05) is 12.2 Å². The van der Waals surface area contributed by atoms with Crippen LogP contribution in [0.25, 0.3) is 0 Å². The minimum atomic E-state index is -0.965. The van der Waals surface area contributed by atoms with Crippen molar-refractivity contribution in [1.82, 2.24) is 0 Å². The second-order valence-electron chi connectivity index (χ2n) is 4.04. The van der Waals surface area contributed by atoms with Gasteiger partial charge in [0.1, 0.15) is 11.2 Å². The topological polar surface area (TPSA) is 43.4 Å². The van der Waals surface area contributed by atoms with Gasteiger partial charge in [0.05, 0.1) is 6.61 Å². The number of ketones is 1. The molecule has 0 bridgehead atoms. The maximum atomic E-state index is 11.9. The van der Waals surface area contributed by atoms with Crippen molar-refractivity contribution in [2.24, 2.45) is 5.41 Å². The van der Waals surface area contributed by atoms with Crippen LogP contribution in [0, 0.1) is 5.41 Å². The molecule has 0 saturated heterocycles. The minimum Gasteiger partial charge on any atom is -0.465 e. The van der Waals surface area contributed by atoms with Crippen molar-refractivity contribution in [1.29, 1.82) is 0 Å². The molecule has 15 heavy (non-hydrogen) atoms. The minimum absolute atomic E-state index is 0.00491. The smallest absolute Gasteiger partial charge is 0.319 e. The lowest BCUT2D eigenvalue weighted by Gasteiger charge is -2.25. The van der Waals surface area contributed by atoms with Crippen LogP contribution >= 0.6 is 0 Å². The maximum Gasteiger partial charge on any atom is 0.319 e. The van der Waals surface area contributed by atoms with E-state index in [1.165, 1.54) is 0 Å². The monoisotopic (exact) mass is 210 g/mol. The fourth-order valence-electron chi connectivity index (χ4n) is 1.69. The summed E-state index contributed by atoms with van der Waals surface area (Å²) in [5.41, 5.74) is -0.965. The van der Waals surface area contributed by atoms with E-state index in [-0.39, 0.29) is 11.8 Å². The van der Waals surface area contributed by atoms with Gasteiger partial charge < -0.3 is 4.74 Å². The third kappa shape index (κ3) is 2.67. The summed E-state index contributed by atoms with van der Waals surface area (Å²) >= 11 is 0. The largest absolute Gasteiger partial charge is 0.465 e. The summed E-state index contributed by atoms with van der Waals surface area (Å²) in [6.45, 7) is 3.76. The van der Waals surface area contributed by atoms with Gasteiger partial charge in [-0.05, 0) is 33.1 Å². The fraction of sp³-hybridized carbons (Fsp3) is 0.667. The van der Waals surface area contributed by atoms with Gasteiger partial charge in [0.25, 0.3) is 0 Å². The van der Waals surface area contributed by atoms with E-state index in [1.807, 2.05) is 12.2 Å². The van der Waals surface area contributed by atoms with E-state index in [0.717, 1.165) is 12.8 Å². The predicted molar refractivity (Wildman–Crippen MR) is 57.4 cm³/mol. The Morgan fingerprint density at radius 2 is 2.27 bits per heavy atom. The second kappa shape index (κ2) is 5.10. The molecule has 1 atom stereocenters. The molecule has 1 aliphatic rings. The van der Waals surface area contributed by atoms with E-state index in [4.69, 9.17) is 4.74 Å². The third-order valence-electron chi connectivity index (χ3n) is 2.81. The van der Waals surface area contributed by atoms with Crippen molar-refractivity contribution in [2.45, 2.75) is 39.5 Å². The Morgan fingerprint density at radius 1 is 1.53 bits per heavy atom. The van der Waals surface area contributed by atoms with Crippen LogP contribution < -0.4 is 0 Å². The quantitative estimate of drug-likeness (QED) is 0.399. The Kier molecular flexibility index (Phi) is 4.06. The molecule has 0 aromatic rings. The first-order chi connectivity index (χ1) is 7.11. The van der Waals surface area contributed by atoms with Gasteiger partial charge in [0.15, 0.2) is 0 Å². The molecule has 0 aromatic carbocycles. The van der Waals surface area contributed by atoms with Gasteiger partial charge in [-0.2, -0.15) is 0 Å². The highest BCUT2D eigenvalue weighted by Gasteiger charge is 2.40. The Hall–Kier alpha value is -1.12. The first-order valence-corrected chi connectivity index (χ1v) is 5.47. The summed E-state index contributed by atoms with van der Waals surface area (Å²) in [5.74, 6) is -0.383. The van der Waals surface area contributed by atoms with Gasteiger partial charge in [-0.15, -0.1) is 0 Å². The lowest BCUT2D eigenvalue weighted by Crippen LogP contribution is -2.38. The number of esters is 1. The Balaban J connectivity index is 2.84. The van der Waals surface area contributed by atoms with E-state index < -0.39 is 5.41 Å². The van der Waals surface area contributed by atoms with Crippen LogP contribution in [0.15, 0.2) is 12.2 Å². The molecule has 0 aromatic heterocycles. The summed E-state index contributed by atoms with van der Waals surface area (Å²) in [5, 5.41) is 0. The predicted octanol–water partition coefficient (Wildman–Crippen LogP) is 2.26. The number of hydrogen-bond donors (Lipinski definition) is 0. The molecule has 3 heteroatoms. The fourth-order valence-corrected chi connectivity index (χ4v) is 1.69. The highest BCUT2D eigenvalue weighted by atomic mass is 16.5. The molecule has 0 spiro atoms. The zero-order valence-electron chi connectivity index (χ0n) is 9.41. The van der Waals surface area contributed by atoms with Gasteiger partial charge in [-0.25, -0.2) is 0 Å². The third-order valence-corrected chi connectivity index (χ3v) is 2.81. The zero-order chi connectivity index (χ0) is 11.3. The Labute approximate surface area is 90.5 Å². The van der Waals surface area contributed by atoms with Crippen molar-refractivity contribution >= 4 is 11.8 Å². The number of allylic oxidation sites excluding steroid dienone is 2. The molecule has 84 valence electrons. The Bertz CT molecular complexity index is 281. The van der Waals surface area contributed by atoms with Crippen molar-refractivity contribution in [3.05, 3.63) is 12.2 Å². The molecule has 0 aliphatic heterocycles. The van der Waals surface area contributed by atoms with Crippen LogP contribution in [0.2, 0.25) is 0 Å². The summed E-state index contributed by atoms with van der Waals surface area (Å²) in [6, 6.07) is 0. The van der Waals surface area contributed by atoms with Crippen LogP contribution in [-0.4, -0.2) is 18.4 Å². The standard InChI is InChI=1S/C12H18O3/c1-3-15-11(14)12(2)9-7-5-4-6-8-10(12)13/h5,7H,3-4,6,8-9H2,1-2H3/b7-5-. The molecular weight excluding hydrogens is 192 g/mol. The molecule has 0 radical (unpaired) electrons. The van der Waals surface area contributed by atoms with Crippen LogP contribution in [0.1, 0.15) is 39.5 Å². The zero-order valence-corrected chi connectivity index (χ0v) is 9.41. The molecular formula is C12H18O3. The molecule has 1 aliphatic carbocycles. The molecule has 1 rings (SSSR count). The molecule has 0 N–H and O–H groups in total. The highest BCUT2D eigenvalue weighted by Crippen LogP contribution is 2.29. The number of ether oxygens (including phenoxy) is 1. The van der Waals surface area contributed by atoms with Gasteiger partial charge >= 0.3 is 5.97 Å². The summed E-state index contributed by atoms with van der Waals surface area (Å²) in [4.78, 5) is 23.6. The van der Waals surface area contributed by atoms with E-state index in [9.17, 15) is 9.59 Å². The maximum absolute atomic E-state index is 11.9. The molecule has 0 heterocycles. The molecule has 3 nitrogen and oxygen atoms in total. The van der Waals surface area contributed by atoms with E-state index in [2.05, 4.69) is 0 Å². The summed E-state index contributed by atoms with van der Waals surface area (Å²) in [7, 11) is 0. The number of hydrogen-bond acceptors (Lipinski definition) is 3. The summed E-state index contributed by atoms with van der Waals surface area (Å²) in [6.07, 6.45) is 6.62. The van der Waals surface area contributed by atoms with Crippen LogP contribution in [0.5, 0.6) is 0 Å². The average Bonchev–Trinajstić information content (AvgIpc) is 2.20. The highest BCUT2D eigenvalue weighted by molar-refractivity contribution is 6.03. The average molecular weight is 210 g/mol.